The van der Waals surface area contributed by atoms with E-state index < -0.39 is 5.41 Å². The first-order valence-electron chi connectivity index (χ1n) is 12.6. The molecule has 40 heavy (non-hydrogen) atoms. The van der Waals surface area contributed by atoms with Gasteiger partial charge in [-0.2, -0.15) is 17.9 Å². The first-order chi connectivity index (χ1) is 18.9. The molecule has 11 heteroatoms. The second-order valence-electron chi connectivity index (χ2n) is 9.57. The van der Waals surface area contributed by atoms with Gasteiger partial charge in [0, 0.05) is 32.5 Å². The average Bonchev–Trinajstić information content (AvgIpc) is 2.96. The molecule has 0 radical (unpaired) electrons. The maximum absolute atomic E-state index is 14.1. The van der Waals surface area contributed by atoms with Gasteiger partial charge in [0.15, 0.2) is 18.1 Å². The molecule has 5 rings (SSSR count). The first-order valence-corrected chi connectivity index (χ1v) is 13.3. The summed E-state index contributed by atoms with van der Waals surface area (Å²) in [6.07, 6.45) is 7.54. The molecule has 1 atom stereocenters. The fourth-order valence-electron chi connectivity index (χ4n) is 4.92. The number of ketones is 1. The Kier molecular flexibility index (Phi) is 9.41. The van der Waals surface area contributed by atoms with Crippen molar-refractivity contribution in [3.05, 3.63) is 108 Å². The first kappa shape index (κ1) is 29.5. The predicted octanol–water partition coefficient (Wildman–Crippen LogP) is 5.35. The summed E-state index contributed by atoms with van der Waals surface area (Å²) >= 11 is 1.20. The molecular weight excluding hydrogens is 547 g/mol. The van der Waals surface area contributed by atoms with Crippen molar-refractivity contribution in [2.75, 3.05) is 20.1 Å². The van der Waals surface area contributed by atoms with Crippen LogP contribution in [0, 0.1) is 18.2 Å². The van der Waals surface area contributed by atoms with Crippen molar-refractivity contribution >= 4 is 42.9 Å². The Hall–Kier alpha value is -3.51. The van der Waals surface area contributed by atoms with E-state index in [1.807, 2.05) is 48.7 Å². The van der Waals surface area contributed by atoms with Crippen molar-refractivity contribution in [1.29, 1.82) is 0 Å². The third-order valence-corrected chi connectivity index (χ3v) is 7.66. The summed E-state index contributed by atoms with van der Waals surface area (Å²) in [6.45, 7) is 3.07. The lowest BCUT2D eigenvalue weighted by atomic mass is 9.64. The normalized spacial score (nSPS) is 21.1. The van der Waals surface area contributed by atoms with Gasteiger partial charge in [-0.1, -0.05) is 17.7 Å². The average molecular weight is 579 g/mol. The van der Waals surface area contributed by atoms with Gasteiger partial charge in [-0.25, -0.2) is 24.4 Å². The molecule has 2 heterocycles. The topological polar surface area (TPSA) is 96.9 Å². The van der Waals surface area contributed by atoms with Crippen molar-refractivity contribution in [2.45, 2.75) is 19.8 Å². The zero-order valence-corrected chi connectivity index (χ0v) is 24.1. The molecule has 0 saturated carbocycles. The molecule has 1 saturated heterocycles. The van der Waals surface area contributed by atoms with Crippen LogP contribution in [0.3, 0.4) is 0 Å². The third kappa shape index (κ3) is 6.28. The number of hydrogen-bond acceptors (Lipinski definition) is 9. The van der Waals surface area contributed by atoms with E-state index in [1.165, 1.54) is 30.6 Å². The predicted molar refractivity (Wildman–Crippen MR) is 161 cm³/mol. The largest absolute Gasteiger partial charge is 0.409 e. The Morgan fingerprint density at radius 3 is 2.65 bits per heavy atom. The van der Waals surface area contributed by atoms with Gasteiger partial charge in [-0.15, -0.1) is 0 Å². The molecule has 2 aromatic carbocycles. The second-order valence-corrected chi connectivity index (χ2v) is 10.4. The SMILES string of the molecule is Cc1cccc(OSN(C)N2CCC3=CC(=Nc4ccc(F)cc4)C(=CN)CC3(C(=O)c3ncccn3)C2)c1.S. The summed E-state index contributed by atoms with van der Waals surface area (Å²) in [5, 5.41) is 2.09. The standard InChI is InChI=1S/C29H29FN6O2S.H2S/c1-20-5-3-6-25(15-20)38-39-35(2)36-14-11-22-16-26(34-24-9-7-23(30)8-10-24)21(18-31)17-29(22,19-36)27(37)28-32-12-4-13-33-28;/h3-10,12-13,15-16,18H,11,14,17,19,31H2,1-2H3;1H2. The number of aromatic nitrogens is 2. The minimum absolute atomic E-state index is 0. The molecule has 208 valence electrons. The molecule has 3 aromatic rings. The summed E-state index contributed by atoms with van der Waals surface area (Å²) in [5.74, 6) is 0.411. The molecule has 1 aliphatic carbocycles. The van der Waals surface area contributed by atoms with E-state index in [4.69, 9.17) is 14.9 Å². The van der Waals surface area contributed by atoms with Crippen molar-refractivity contribution in [3.8, 4) is 5.75 Å². The van der Waals surface area contributed by atoms with Gasteiger partial charge in [0.2, 0.25) is 5.78 Å². The van der Waals surface area contributed by atoms with E-state index in [9.17, 15) is 9.18 Å². The molecule has 1 fully saturated rings. The Bertz CT molecular complexity index is 1450. The molecule has 0 bridgehead atoms. The molecule has 0 amide bonds. The summed E-state index contributed by atoms with van der Waals surface area (Å²) < 4.78 is 21.3. The highest BCUT2D eigenvalue weighted by Gasteiger charge is 2.50. The Labute approximate surface area is 244 Å². The van der Waals surface area contributed by atoms with Crippen molar-refractivity contribution < 1.29 is 13.4 Å². The molecule has 1 unspecified atom stereocenters. The highest BCUT2D eigenvalue weighted by molar-refractivity contribution is 7.92. The van der Waals surface area contributed by atoms with Gasteiger partial charge < -0.3 is 9.92 Å². The number of piperidine rings is 1. The molecular formula is C29H31FN6O2S2. The van der Waals surface area contributed by atoms with Crippen molar-refractivity contribution in [1.82, 2.24) is 19.4 Å². The van der Waals surface area contributed by atoms with Crippen LogP contribution in [0.5, 0.6) is 5.75 Å². The van der Waals surface area contributed by atoms with E-state index in [0.29, 0.717) is 37.3 Å². The molecule has 2 N–H and O–H groups in total. The number of nitrogens with zero attached hydrogens (tertiary/aromatic N) is 5. The number of aliphatic imine (C=N–C) groups is 1. The number of Topliss-reactive ketones (excluding diaryl/α,β-unsaturated/α-hetero) is 1. The smallest absolute Gasteiger partial charge is 0.211 e. The van der Waals surface area contributed by atoms with Gasteiger partial charge in [0.05, 0.1) is 16.8 Å². The molecule has 2 aliphatic rings. The zero-order valence-electron chi connectivity index (χ0n) is 22.3. The van der Waals surface area contributed by atoms with Crippen LogP contribution in [0.4, 0.5) is 10.1 Å². The quantitative estimate of drug-likeness (QED) is 0.228. The van der Waals surface area contributed by atoms with E-state index in [2.05, 4.69) is 15.0 Å². The minimum Gasteiger partial charge on any atom is -0.409 e. The Balaban J connectivity index is 0.00000370. The highest BCUT2D eigenvalue weighted by atomic mass is 32.2. The van der Waals surface area contributed by atoms with Gasteiger partial charge in [0.1, 0.15) is 11.6 Å². The fourth-order valence-corrected chi connectivity index (χ4v) is 5.45. The van der Waals surface area contributed by atoms with Crippen LogP contribution >= 0.6 is 25.7 Å². The van der Waals surface area contributed by atoms with Crippen molar-refractivity contribution in [2.24, 2.45) is 16.1 Å². The Morgan fingerprint density at radius 2 is 1.95 bits per heavy atom. The number of carbonyl (C=O) groups is 1. The zero-order chi connectivity index (χ0) is 27.4. The monoisotopic (exact) mass is 578 g/mol. The van der Waals surface area contributed by atoms with Crippen LogP contribution in [0.15, 0.2) is 95.4 Å². The van der Waals surface area contributed by atoms with Crippen molar-refractivity contribution in [3.63, 3.8) is 0 Å². The van der Waals surface area contributed by atoms with Crippen LogP contribution in [0.1, 0.15) is 29.0 Å². The molecule has 1 aliphatic heterocycles. The van der Waals surface area contributed by atoms with Crippen LogP contribution in [-0.2, 0) is 0 Å². The number of benzene rings is 2. The molecule has 0 spiro atoms. The molecule has 1 aromatic heterocycles. The number of fused-ring (bicyclic) bond motifs is 1. The number of carbonyl (C=O) groups excluding carboxylic acids is 1. The summed E-state index contributed by atoms with van der Waals surface area (Å²) in [7, 11) is 1.91. The van der Waals surface area contributed by atoms with E-state index >= 15 is 0 Å². The van der Waals surface area contributed by atoms with Gasteiger partial charge in [-0.05, 0) is 85.6 Å². The van der Waals surface area contributed by atoms with E-state index in [1.54, 1.807) is 30.6 Å². The summed E-state index contributed by atoms with van der Waals surface area (Å²) in [6, 6.07) is 15.5. The number of allylic oxidation sites excluding steroid dienone is 2. The number of rotatable bonds is 7. The molecule has 8 nitrogen and oxygen atoms in total. The number of hydrazine groups is 1. The maximum atomic E-state index is 14.1. The number of halogens is 1. The number of aryl methyl sites for hydroxylation is 1. The van der Waals surface area contributed by atoms with Gasteiger partial charge >= 0.3 is 0 Å². The summed E-state index contributed by atoms with van der Waals surface area (Å²) in [4.78, 5) is 27.4. The summed E-state index contributed by atoms with van der Waals surface area (Å²) in [5.41, 5.74) is 9.19. The van der Waals surface area contributed by atoms with Crippen LogP contribution in [-0.4, -0.2) is 51.0 Å². The number of nitrogens with two attached hydrogens (primary N) is 1. The highest BCUT2D eigenvalue weighted by Crippen LogP contribution is 2.47. The fraction of sp³-hybridized carbons (Fsp3) is 0.241. The second kappa shape index (κ2) is 12.8. The van der Waals surface area contributed by atoms with Crippen LogP contribution in [0.25, 0.3) is 0 Å². The maximum Gasteiger partial charge on any atom is 0.211 e. The van der Waals surface area contributed by atoms with E-state index in [-0.39, 0.29) is 30.9 Å². The van der Waals surface area contributed by atoms with Gasteiger partial charge in [0.25, 0.3) is 0 Å². The minimum atomic E-state index is -0.940. The Morgan fingerprint density at radius 1 is 1.20 bits per heavy atom. The van der Waals surface area contributed by atoms with Gasteiger partial charge in [-0.3, -0.25) is 4.79 Å². The van der Waals surface area contributed by atoms with Crippen LogP contribution in [0.2, 0.25) is 0 Å². The van der Waals surface area contributed by atoms with Crippen LogP contribution < -0.4 is 9.92 Å². The van der Waals surface area contributed by atoms with E-state index in [0.717, 1.165) is 22.5 Å². The lowest BCUT2D eigenvalue weighted by Gasteiger charge is -2.47. The number of hydrogen-bond donors (Lipinski definition) is 1. The lowest BCUT2D eigenvalue weighted by Crippen LogP contribution is -2.54. The third-order valence-electron chi connectivity index (χ3n) is 6.95. The lowest BCUT2D eigenvalue weighted by molar-refractivity contribution is 0.0223.